The van der Waals surface area contributed by atoms with Gasteiger partial charge < -0.3 is 20.9 Å². The highest BCUT2D eigenvalue weighted by Gasteiger charge is 2.19. The Morgan fingerprint density at radius 3 is 1.69 bits per heavy atom. The molecule has 0 spiro atoms. The van der Waals surface area contributed by atoms with E-state index in [9.17, 15) is 19.5 Å². The Hall–Kier alpha value is -2.93. The number of carboxylic acids is 1. The zero-order valence-corrected chi connectivity index (χ0v) is 33.4. The zero-order chi connectivity index (χ0) is 38.2. The molecule has 0 heterocycles. The number of carboxylic acid groups (broad SMARTS) is 1. The number of hydrogen-bond donors (Lipinski definition) is 3. The van der Waals surface area contributed by atoms with Gasteiger partial charge in [-0.05, 0) is 116 Å². The normalized spacial score (nSPS) is 13.3. The number of nitrogens with one attached hydrogen (secondary N) is 1. The summed E-state index contributed by atoms with van der Waals surface area (Å²) in [7, 11) is 0. The zero-order valence-electron chi connectivity index (χ0n) is 33.4. The van der Waals surface area contributed by atoms with E-state index in [0.717, 1.165) is 109 Å². The fraction of sp³-hybridized carbons (Fsp3) is 0.711. The number of carbonyl (C=O) groups excluding carboxylic acids is 2. The van der Waals surface area contributed by atoms with E-state index in [-0.39, 0.29) is 18.0 Å². The summed E-state index contributed by atoms with van der Waals surface area (Å²) in [5, 5.41) is 11.9. The predicted molar refractivity (Wildman–Crippen MR) is 220 cm³/mol. The Morgan fingerprint density at radius 2 is 1.08 bits per heavy atom. The highest BCUT2D eigenvalue weighted by atomic mass is 16.5. The SMILES string of the molecule is CC/C=C\C/C=C\C/C=C\CCCCCC(=O)OC(CCC/C=C\C/C=C\CCCCCCC)CCCCCCCC(=O)NC(CCCN)C(=O)O. The molecule has 2 unspecified atom stereocenters. The number of unbranched alkanes of at least 4 members (excludes halogenated alkanes) is 13. The molecule has 0 aromatic carbocycles. The fourth-order valence-electron chi connectivity index (χ4n) is 5.91. The Morgan fingerprint density at radius 1 is 0.577 bits per heavy atom. The van der Waals surface area contributed by atoms with Crippen LogP contribution in [0.25, 0.3) is 0 Å². The fourth-order valence-corrected chi connectivity index (χ4v) is 5.91. The third-order valence-corrected chi connectivity index (χ3v) is 9.07. The van der Waals surface area contributed by atoms with Crippen LogP contribution < -0.4 is 11.1 Å². The monoisotopic (exact) mass is 727 g/mol. The Bertz CT molecular complexity index is 1000. The largest absolute Gasteiger partial charge is 0.480 e. The van der Waals surface area contributed by atoms with Crippen molar-refractivity contribution in [2.45, 2.75) is 199 Å². The van der Waals surface area contributed by atoms with E-state index in [1.165, 1.54) is 38.5 Å². The molecule has 1 amide bonds. The standard InChI is InChI=1S/C45H78N2O5/c1-3-5-7-9-11-13-15-17-19-21-23-26-30-35-41(36-31-27-25-28-32-38-43(48)47-42(45(50)51)37-34-40-46)52-44(49)39-33-29-24-22-20-18-16-14-12-10-8-6-4-2/h6,8,12,14-15,17-18,20-21,23,41-42H,3-5,7,9-11,13,16,19,22,24-40,46H2,1-2H3,(H,47,48)(H,50,51)/b8-6-,14-12-,17-15-,20-18-,23-21-. The minimum Gasteiger partial charge on any atom is -0.480 e. The molecule has 0 aromatic rings. The summed E-state index contributed by atoms with van der Waals surface area (Å²) in [5.74, 6) is -1.30. The predicted octanol–water partition coefficient (Wildman–Crippen LogP) is 11.8. The summed E-state index contributed by atoms with van der Waals surface area (Å²) >= 11 is 0. The second kappa shape index (κ2) is 39.3. The molecule has 0 rings (SSSR count). The summed E-state index contributed by atoms with van der Waals surface area (Å²) in [5.41, 5.74) is 5.48. The first-order valence-corrected chi connectivity index (χ1v) is 21.1. The van der Waals surface area contributed by atoms with E-state index in [4.69, 9.17) is 10.5 Å². The summed E-state index contributed by atoms with van der Waals surface area (Å²) in [6.07, 6.45) is 48.3. The first kappa shape index (κ1) is 49.1. The molecule has 2 atom stereocenters. The van der Waals surface area contributed by atoms with Crippen LogP contribution in [-0.2, 0) is 19.1 Å². The summed E-state index contributed by atoms with van der Waals surface area (Å²) in [6, 6.07) is -0.865. The van der Waals surface area contributed by atoms with Gasteiger partial charge in [0.05, 0.1) is 0 Å². The van der Waals surface area contributed by atoms with Crippen molar-refractivity contribution < 1.29 is 24.2 Å². The van der Waals surface area contributed by atoms with Gasteiger partial charge in [-0.15, -0.1) is 0 Å². The van der Waals surface area contributed by atoms with Crippen LogP contribution in [0.3, 0.4) is 0 Å². The third-order valence-electron chi connectivity index (χ3n) is 9.07. The molecule has 4 N–H and O–H groups in total. The minimum absolute atomic E-state index is 0.0470. The van der Waals surface area contributed by atoms with Gasteiger partial charge in [0, 0.05) is 12.8 Å². The van der Waals surface area contributed by atoms with Crippen LogP contribution in [0.2, 0.25) is 0 Å². The van der Waals surface area contributed by atoms with E-state index in [1.807, 2.05) is 0 Å². The van der Waals surface area contributed by atoms with E-state index < -0.39 is 12.0 Å². The summed E-state index contributed by atoms with van der Waals surface area (Å²) in [4.78, 5) is 36.3. The van der Waals surface area contributed by atoms with Crippen molar-refractivity contribution in [2.75, 3.05) is 6.54 Å². The number of nitrogens with two attached hydrogens (primary N) is 1. The maximum absolute atomic E-state index is 12.8. The van der Waals surface area contributed by atoms with Crippen molar-refractivity contribution in [3.05, 3.63) is 60.8 Å². The molecular weight excluding hydrogens is 649 g/mol. The van der Waals surface area contributed by atoms with Crippen molar-refractivity contribution in [2.24, 2.45) is 5.73 Å². The van der Waals surface area contributed by atoms with E-state index in [1.54, 1.807) is 0 Å². The number of aliphatic carboxylic acids is 1. The number of amides is 1. The third kappa shape index (κ3) is 35.5. The molecule has 0 aliphatic carbocycles. The van der Waals surface area contributed by atoms with Crippen molar-refractivity contribution in [1.29, 1.82) is 0 Å². The Kier molecular flexibility index (Phi) is 37.1. The summed E-state index contributed by atoms with van der Waals surface area (Å²) in [6.45, 7) is 4.81. The van der Waals surface area contributed by atoms with E-state index in [2.05, 4.69) is 79.9 Å². The van der Waals surface area contributed by atoms with Crippen LogP contribution in [0.1, 0.15) is 187 Å². The van der Waals surface area contributed by atoms with Gasteiger partial charge in [-0.3, -0.25) is 9.59 Å². The number of rotatable bonds is 37. The van der Waals surface area contributed by atoms with Gasteiger partial charge >= 0.3 is 11.9 Å². The molecule has 7 nitrogen and oxygen atoms in total. The highest BCUT2D eigenvalue weighted by Crippen LogP contribution is 2.17. The maximum Gasteiger partial charge on any atom is 0.326 e. The van der Waals surface area contributed by atoms with Crippen LogP contribution in [0.5, 0.6) is 0 Å². The lowest BCUT2D eigenvalue weighted by Crippen LogP contribution is -2.40. The van der Waals surface area contributed by atoms with E-state index >= 15 is 0 Å². The summed E-state index contributed by atoms with van der Waals surface area (Å²) < 4.78 is 6.00. The molecule has 0 radical (unpaired) electrons. The van der Waals surface area contributed by atoms with Crippen LogP contribution in [-0.4, -0.2) is 41.6 Å². The van der Waals surface area contributed by atoms with Gasteiger partial charge in [-0.25, -0.2) is 4.79 Å². The number of carbonyl (C=O) groups is 3. The molecule has 52 heavy (non-hydrogen) atoms. The lowest BCUT2D eigenvalue weighted by molar-refractivity contribution is -0.150. The maximum atomic E-state index is 12.8. The topological polar surface area (TPSA) is 119 Å². The molecular formula is C45H78N2O5. The van der Waals surface area contributed by atoms with Crippen molar-refractivity contribution in [3.63, 3.8) is 0 Å². The second-order valence-electron chi connectivity index (χ2n) is 14.0. The van der Waals surface area contributed by atoms with Gasteiger partial charge in [0.15, 0.2) is 0 Å². The number of allylic oxidation sites excluding steroid dienone is 10. The van der Waals surface area contributed by atoms with E-state index in [0.29, 0.717) is 32.2 Å². The van der Waals surface area contributed by atoms with Gasteiger partial charge in [0.25, 0.3) is 0 Å². The van der Waals surface area contributed by atoms with Crippen LogP contribution >= 0.6 is 0 Å². The van der Waals surface area contributed by atoms with Gasteiger partial charge in [0.2, 0.25) is 5.91 Å². The quantitative estimate of drug-likeness (QED) is 0.0333. The lowest BCUT2D eigenvalue weighted by Gasteiger charge is -2.18. The van der Waals surface area contributed by atoms with Crippen LogP contribution in [0.4, 0.5) is 0 Å². The highest BCUT2D eigenvalue weighted by molar-refractivity contribution is 5.83. The van der Waals surface area contributed by atoms with Gasteiger partial charge in [-0.1, -0.05) is 126 Å². The van der Waals surface area contributed by atoms with Crippen molar-refractivity contribution >= 4 is 17.8 Å². The van der Waals surface area contributed by atoms with Crippen LogP contribution in [0, 0.1) is 0 Å². The Balaban J connectivity index is 4.48. The van der Waals surface area contributed by atoms with Crippen molar-refractivity contribution in [3.8, 4) is 0 Å². The van der Waals surface area contributed by atoms with Gasteiger partial charge in [-0.2, -0.15) is 0 Å². The number of hydrogen-bond acceptors (Lipinski definition) is 5. The molecule has 0 aliphatic heterocycles. The molecule has 0 bridgehead atoms. The van der Waals surface area contributed by atoms with Crippen molar-refractivity contribution in [1.82, 2.24) is 5.32 Å². The second-order valence-corrected chi connectivity index (χ2v) is 14.0. The smallest absolute Gasteiger partial charge is 0.326 e. The average molecular weight is 727 g/mol. The molecule has 7 heteroatoms. The molecule has 0 fully saturated rings. The molecule has 0 saturated carbocycles. The molecule has 0 aromatic heterocycles. The minimum atomic E-state index is -1.01. The van der Waals surface area contributed by atoms with Crippen LogP contribution in [0.15, 0.2) is 60.8 Å². The first-order valence-electron chi connectivity index (χ1n) is 21.1. The molecule has 0 aliphatic rings. The Labute approximate surface area is 319 Å². The lowest BCUT2D eigenvalue weighted by atomic mass is 10.0. The average Bonchev–Trinajstić information content (AvgIpc) is 3.13. The molecule has 298 valence electrons. The molecule has 0 saturated heterocycles. The van der Waals surface area contributed by atoms with Gasteiger partial charge in [0.1, 0.15) is 12.1 Å². The number of esters is 1. The first-order chi connectivity index (χ1) is 25.4. The number of ether oxygens (including phenoxy) is 1.